The number of alkyl halides is 2. The van der Waals surface area contributed by atoms with Gasteiger partial charge in [0.25, 0.3) is 0 Å². The molecule has 0 aromatic carbocycles. The van der Waals surface area contributed by atoms with E-state index in [1.807, 2.05) is 4.90 Å². The summed E-state index contributed by atoms with van der Waals surface area (Å²) in [6.07, 6.45) is 5.01. The Morgan fingerprint density at radius 3 is 2.31 bits per heavy atom. The summed E-state index contributed by atoms with van der Waals surface area (Å²) in [5.41, 5.74) is 0. The van der Waals surface area contributed by atoms with Crippen LogP contribution >= 0.6 is 23.2 Å². The molecule has 1 heterocycles. The Balaban J connectivity index is 2.64. The number of aromatic nitrogens is 2. The Kier molecular flexibility index (Phi) is 4.86. The summed E-state index contributed by atoms with van der Waals surface area (Å²) < 4.78 is 0. The summed E-state index contributed by atoms with van der Waals surface area (Å²) in [6, 6.07) is 0. The molecule has 0 aliphatic rings. The first-order chi connectivity index (χ1) is 6.38. The van der Waals surface area contributed by atoms with Crippen molar-refractivity contribution < 1.29 is 0 Å². The van der Waals surface area contributed by atoms with E-state index < -0.39 is 0 Å². The van der Waals surface area contributed by atoms with Crippen LogP contribution in [0.3, 0.4) is 0 Å². The summed E-state index contributed by atoms with van der Waals surface area (Å²) in [5.74, 6) is 1.95. The van der Waals surface area contributed by atoms with Crippen LogP contribution in [0.15, 0.2) is 18.6 Å². The molecule has 0 radical (unpaired) electrons. The van der Waals surface area contributed by atoms with Gasteiger partial charge in [0.1, 0.15) is 5.82 Å². The maximum Gasteiger partial charge on any atom is 0.147 e. The number of halogens is 2. The summed E-state index contributed by atoms with van der Waals surface area (Å²) in [6.45, 7) is 1.49. The molecule has 3 nitrogen and oxygen atoms in total. The van der Waals surface area contributed by atoms with Crippen LogP contribution in [-0.2, 0) is 0 Å². The third-order valence-corrected chi connectivity index (χ3v) is 1.92. The highest BCUT2D eigenvalue weighted by atomic mass is 35.5. The molecule has 0 spiro atoms. The molecule has 0 saturated heterocycles. The van der Waals surface area contributed by atoms with Crippen molar-refractivity contribution in [1.29, 1.82) is 0 Å². The lowest BCUT2D eigenvalue weighted by Gasteiger charge is -2.20. The second kappa shape index (κ2) is 6.00. The van der Waals surface area contributed by atoms with Crippen LogP contribution in [0.4, 0.5) is 5.82 Å². The summed E-state index contributed by atoms with van der Waals surface area (Å²) in [5, 5.41) is 0. The van der Waals surface area contributed by atoms with Gasteiger partial charge in [-0.15, -0.1) is 23.2 Å². The van der Waals surface area contributed by atoms with Gasteiger partial charge in [0.05, 0.1) is 6.20 Å². The monoisotopic (exact) mass is 219 g/mol. The summed E-state index contributed by atoms with van der Waals surface area (Å²) in [4.78, 5) is 10.1. The lowest BCUT2D eigenvalue weighted by atomic mass is 10.5. The molecule has 0 fully saturated rings. The first-order valence-corrected chi connectivity index (χ1v) is 5.08. The molecule has 72 valence electrons. The van der Waals surface area contributed by atoms with E-state index in [4.69, 9.17) is 23.2 Å². The maximum absolute atomic E-state index is 5.65. The Morgan fingerprint density at radius 2 is 1.85 bits per heavy atom. The van der Waals surface area contributed by atoms with Crippen molar-refractivity contribution in [2.24, 2.45) is 0 Å². The van der Waals surface area contributed by atoms with Crippen molar-refractivity contribution in [2.75, 3.05) is 29.7 Å². The maximum atomic E-state index is 5.65. The normalized spacial score (nSPS) is 10.0. The third-order valence-electron chi connectivity index (χ3n) is 1.58. The van der Waals surface area contributed by atoms with Gasteiger partial charge in [-0.25, -0.2) is 4.98 Å². The molecule has 0 atom stereocenters. The van der Waals surface area contributed by atoms with Crippen LogP contribution in [-0.4, -0.2) is 34.8 Å². The van der Waals surface area contributed by atoms with Crippen LogP contribution in [0.5, 0.6) is 0 Å². The molecule has 0 bridgehead atoms. The molecular weight excluding hydrogens is 209 g/mol. The lowest BCUT2D eigenvalue weighted by molar-refractivity contribution is 0.847. The van der Waals surface area contributed by atoms with E-state index >= 15 is 0 Å². The van der Waals surface area contributed by atoms with E-state index in [1.54, 1.807) is 18.6 Å². The minimum Gasteiger partial charge on any atom is -0.353 e. The molecule has 0 unspecified atom stereocenters. The van der Waals surface area contributed by atoms with Crippen LogP contribution < -0.4 is 4.90 Å². The Labute approximate surface area is 87.7 Å². The Hall–Kier alpha value is -0.540. The molecular formula is C8H11Cl2N3. The standard InChI is InChI=1S/C8H11Cl2N3/c9-1-5-13(6-2-10)8-7-11-3-4-12-8/h3-4,7H,1-2,5-6H2. The molecule has 0 N–H and O–H groups in total. The lowest BCUT2D eigenvalue weighted by Crippen LogP contribution is -2.28. The van der Waals surface area contributed by atoms with Gasteiger partial charge in [-0.3, -0.25) is 4.98 Å². The van der Waals surface area contributed by atoms with E-state index in [1.165, 1.54) is 0 Å². The van der Waals surface area contributed by atoms with Crippen molar-refractivity contribution in [2.45, 2.75) is 0 Å². The fourth-order valence-corrected chi connectivity index (χ4v) is 1.41. The van der Waals surface area contributed by atoms with Gasteiger partial charge in [-0.2, -0.15) is 0 Å². The van der Waals surface area contributed by atoms with Gasteiger partial charge < -0.3 is 4.90 Å². The number of nitrogens with zero attached hydrogens (tertiary/aromatic N) is 3. The number of hydrogen-bond donors (Lipinski definition) is 0. The molecule has 1 aromatic rings. The van der Waals surface area contributed by atoms with Crippen LogP contribution in [0.25, 0.3) is 0 Å². The highest BCUT2D eigenvalue weighted by Crippen LogP contribution is 2.07. The van der Waals surface area contributed by atoms with Crippen molar-refractivity contribution in [3.05, 3.63) is 18.6 Å². The minimum absolute atomic E-state index is 0.563. The predicted octanol–water partition coefficient (Wildman–Crippen LogP) is 1.76. The zero-order valence-corrected chi connectivity index (χ0v) is 8.67. The topological polar surface area (TPSA) is 29.0 Å². The number of anilines is 1. The quantitative estimate of drug-likeness (QED) is 0.708. The van der Waals surface area contributed by atoms with Crippen LogP contribution in [0.2, 0.25) is 0 Å². The minimum atomic E-state index is 0.563. The first-order valence-electron chi connectivity index (χ1n) is 4.01. The van der Waals surface area contributed by atoms with E-state index in [2.05, 4.69) is 9.97 Å². The molecule has 1 aromatic heterocycles. The number of hydrogen-bond acceptors (Lipinski definition) is 3. The van der Waals surface area contributed by atoms with E-state index in [0.717, 1.165) is 18.9 Å². The second-order valence-electron chi connectivity index (χ2n) is 2.43. The molecule has 13 heavy (non-hydrogen) atoms. The zero-order valence-electron chi connectivity index (χ0n) is 7.16. The van der Waals surface area contributed by atoms with Crippen molar-refractivity contribution in [3.8, 4) is 0 Å². The SMILES string of the molecule is ClCCN(CCCl)c1cnccn1. The molecule has 0 saturated carbocycles. The molecule has 0 aliphatic carbocycles. The molecule has 0 aliphatic heterocycles. The van der Waals surface area contributed by atoms with Gasteiger partial charge >= 0.3 is 0 Å². The van der Waals surface area contributed by atoms with Gasteiger partial charge in [0.2, 0.25) is 0 Å². The zero-order chi connectivity index (χ0) is 9.52. The first kappa shape index (κ1) is 10.5. The fourth-order valence-electron chi connectivity index (χ4n) is 0.999. The van der Waals surface area contributed by atoms with Crippen molar-refractivity contribution in [1.82, 2.24) is 9.97 Å². The Bertz CT molecular complexity index is 224. The van der Waals surface area contributed by atoms with Crippen LogP contribution in [0.1, 0.15) is 0 Å². The Morgan fingerprint density at radius 1 is 1.15 bits per heavy atom. The predicted molar refractivity (Wildman–Crippen MR) is 55.7 cm³/mol. The average Bonchev–Trinajstić information content (AvgIpc) is 2.19. The van der Waals surface area contributed by atoms with Gasteiger partial charge in [-0.05, 0) is 0 Å². The van der Waals surface area contributed by atoms with Crippen molar-refractivity contribution in [3.63, 3.8) is 0 Å². The average molecular weight is 220 g/mol. The van der Waals surface area contributed by atoms with Crippen LogP contribution in [0, 0.1) is 0 Å². The largest absolute Gasteiger partial charge is 0.353 e. The van der Waals surface area contributed by atoms with Gasteiger partial charge in [0, 0.05) is 37.2 Å². The summed E-state index contributed by atoms with van der Waals surface area (Å²) in [7, 11) is 0. The van der Waals surface area contributed by atoms with E-state index in [-0.39, 0.29) is 0 Å². The second-order valence-corrected chi connectivity index (χ2v) is 3.18. The van der Waals surface area contributed by atoms with E-state index in [0.29, 0.717) is 11.8 Å². The smallest absolute Gasteiger partial charge is 0.147 e. The van der Waals surface area contributed by atoms with E-state index in [9.17, 15) is 0 Å². The van der Waals surface area contributed by atoms with Gasteiger partial charge in [-0.1, -0.05) is 0 Å². The molecule has 5 heteroatoms. The number of rotatable bonds is 5. The van der Waals surface area contributed by atoms with Gasteiger partial charge in [0.15, 0.2) is 0 Å². The van der Waals surface area contributed by atoms with Crippen molar-refractivity contribution >= 4 is 29.0 Å². The molecule has 1 rings (SSSR count). The highest BCUT2D eigenvalue weighted by molar-refractivity contribution is 6.18. The highest BCUT2D eigenvalue weighted by Gasteiger charge is 2.05. The summed E-state index contributed by atoms with van der Waals surface area (Å²) >= 11 is 11.3. The third kappa shape index (κ3) is 3.36. The fraction of sp³-hybridized carbons (Fsp3) is 0.500. The molecule has 0 amide bonds.